The summed E-state index contributed by atoms with van der Waals surface area (Å²) in [5, 5.41) is 29.5. The largest absolute Gasteiger partial charge is 0.480 e. The highest BCUT2D eigenvalue weighted by Crippen LogP contribution is 2.26. The lowest BCUT2D eigenvalue weighted by molar-refractivity contribution is -0.150. The van der Waals surface area contributed by atoms with Crippen LogP contribution in [0.1, 0.15) is 44.4 Å². The molecule has 1 unspecified atom stereocenters. The van der Waals surface area contributed by atoms with E-state index in [9.17, 15) is 19.8 Å². The first-order valence-corrected chi connectivity index (χ1v) is 10.8. The lowest BCUT2D eigenvalue weighted by Crippen LogP contribution is -2.62. The van der Waals surface area contributed by atoms with Gasteiger partial charge in [0.2, 0.25) is 0 Å². The average Bonchev–Trinajstić information content (AvgIpc) is 2.72. The number of amides is 2. The molecule has 2 amide bonds. The number of nitrogens with one attached hydrogen (secondary N) is 3. The Morgan fingerprint density at radius 1 is 1.30 bits per heavy atom. The van der Waals surface area contributed by atoms with E-state index < -0.39 is 17.6 Å². The van der Waals surface area contributed by atoms with Crippen molar-refractivity contribution in [3.05, 3.63) is 23.4 Å². The third kappa shape index (κ3) is 5.40. The van der Waals surface area contributed by atoms with E-state index in [1.54, 1.807) is 4.90 Å². The molecule has 0 spiro atoms. The number of nitrogens with zero attached hydrogens (tertiary/aromatic N) is 2. The van der Waals surface area contributed by atoms with Crippen molar-refractivity contribution in [3.63, 3.8) is 0 Å². The van der Waals surface area contributed by atoms with Gasteiger partial charge in [-0.25, -0.2) is 9.78 Å². The van der Waals surface area contributed by atoms with Crippen LogP contribution >= 0.6 is 0 Å². The smallest absolute Gasteiger partial charge is 0.323 e. The summed E-state index contributed by atoms with van der Waals surface area (Å²) in [5.74, 6) is -0.125. The number of hydrogen-bond acceptors (Lipinski definition) is 6. The number of aryl methyl sites for hydroxylation is 1. The molecule has 1 fully saturated rings. The van der Waals surface area contributed by atoms with Crippen molar-refractivity contribution in [1.82, 2.24) is 20.5 Å². The molecule has 0 aliphatic carbocycles. The zero-order valence-corrected chi connectivity index (χ0v) is 17.8. The Bertz CT molecular complexity index is 762. The van der Waals surface area contributed by atoms with Gasteiger partial charge in [0, 0.05) is 44.3 Å². The number of aliphatic hydroxyl groups is 1. The summed E-state index contributed by atoms with van der Waals surface area (Å²) in [6.07, 6.45) is 3.24. The van der Waals surface area contributed by atoms with Gasteiger partial charge in [0.15, 0.2) is 0 Å². The summed E-state index contributed by atoms with van der Waals surface area (Å²) in [6.45, 7) is 5.72. The van der Waals surface area contributed by atoms with Crippen LogP contribution in [0.15, 0.2) is 12.1 Å². The van der Waals surface area contributed by atoms with E-state index in [1.807, 2.05) is 19.9 Å². The van der Waals surface area contributed by atoms with Gasteiger partial charge in [-0.3, -0.25) is 10.1 Å². The lowest BCUT2D eigenvalue weighted by atomic mass is 9.84. The van der Waals surface area contributed by atoms with Crippen molar-refractivity contribution < 1.29 is 19.8 Å². The van der Waals surface area contributed by atoms with E-state index in [4.69, 9.17) is 0 Å². The first kappa shape index (κ1) is 22.3. The molecule has 0 saturated carbocycles. The Kier molecular flexibility index (Phi) is 7.14. The van der Waals surface area contributed by atoms with Crippen LogP contribution < -0.4 is 16.0 Å². The normalized spacial score (nSPS) is 19.0. The molecular formula is C21H33N5O4. The first-order valence-electron chi connectivity index (χ1n) is 10.8. The Hall–Kier alpha value is -2.39. The monoisotopic (exact) mass is 419 g/mol. The fourth-order valence-electron chi connectivity index (χ4n) is 4.09. The van der Waals surface area contributed by atoms with Crippen LogP contribution in [0, 0.1) is 0 Å². The van der Waals surface area contributed by atoms with Crippen molar-refractivity contribution >= 4 is 17.8 Å². The van der Waals surface area contributed by atoms with Gasteiger partial charge in [-0.1, -0.05) is 19.9 Å². The van der Waals surface area contributed by atoms with E-state index in [-0.39, 0.29) is 24.9 Å². The van der Waals surface area contributed by atoms with Crippen LogP contribution in [0.3, 0.4) is 0 Å². The number of carboxylic acid groups (broad SMARTS) is 1. The molecule has 1 aromatic rings. The Morgan fingerprint density at radius 2 is 2.03 bits per heavy atom. The third-order valence-corrected chi connectivity index (χ3v) is 5.81. The summed E-state index contributed by atoms with van der Waals surface area (Å²) < 4.78 is 0. The fourth-order valence-corrected chi connectivity index (χ4v) is 4.09. The van der Waals surface area contributed by atoms with E-state index >= 15 is 0 Å². The zero-order chi connectivity index (χ0) is 21.7. The molecule has 2 aliphatic rings. The molecule has 0 bridgehead atoms. The number of pyridine rings is 1. The molecule has 5 N–H and O–H groups in total. The molecule has 1 saturated heterocycles. The second-order valence-electron chi connectivity index (χ2n) is 8.51. The summed E-state index contributed by atoms with van der Waals surface area (Å²) in [5.41, 5.74) is 0.800. The van der Waals surface area contributed by atoms with Gasteiger partial charge < -0.3 is 25.7 Å². The minimum absolute atomic E-state index is 0.0659. The highest BCUT2D eigenvalue weighted by Gasteiger charge is 2.44. The maximum atomic E-state index is 12.5. The molecule has 30 heavy (non-hydrogen) atoms. The number of rotatable bonds is 7. The number of carboxylic acids is 1. The van der Waals surface area contributed by atoms with Gasteiger partial charge in [0.1, 0.15) is 11.9 Å². The number of hydrogen-bond donors (Lipinski definition) is 5. The zero-order valence-electron chi connectivity index (χ0n) is 17.8. The summed E-state index contributed by atoms with van der Waals surface area (Å²) >= 11 is 0. The molecule has 1 aromatic heterocycles. The van der Waals surface area contributed by atoms with Crippen LogP contribution in [0.25, 0.3) is 0 Å². The predicted molar refractivity (Wildman–Crippen MR) is 114 cm³/mol. The lowest BCUT2D eigenvalue weighted by Gasteiger charge is -2.42. The van der Waals surface area contributed by atoms with Crippen molar-refractivity contribution in [1.29, 1.82) is 0 Å². The standard InChI is InChI=1S/C21H33N5O4/c1-14(2)24-17(19(27)28)21(30)8-12-26(13-9-21)20(29)23-11-7-16-6-5-15-4-3-10-22-18(15)25-16/h5-6,14,17,24,30H,3-4,7-13H2,1-2H3,(H,22,25)(H,23,29)(H,27,28). The SMILES string of the molecule is CC(C)NC(C(=O)O)C1(O)CCN(C(=O)NCCc2ccc3c(n2)NCCC3)CC1. The summed E-state index contributed by atoms with van der Waals surface area (Å²) in [6, 6.07) is 2.79. The second-order valence-corrected chi connectivity index (χ2v) is 8.51. The van der Waals surface area contributed by atoms with Crippen LogP contribution in [-0.4, -0.2) is 76.0 Å². The van der Waals surface area contributed by atoms with E-state index in [2.05, 4.69) is 27.0 Å². The number of piperidine rings is 1. The minimum atomic E-state index is -1.37. The van der Waals surface area contributed by atoms with Gasteiger partial charge in [0.25, 0.3) is 0 Å². The molecule has 166 valence electrons. The maximum absolute atomic E-state index is 12.5. The van der Waals surface area contributed by atoms with E-state index in [0.717, 1.165) is 30.9 Å². The van der Waals surface area contributed by atoms with Crippen molar-refractivity contribution in [2.75, 3.05) is 31.5 Å². The molecule has 2 aliphatic heterocycles. The molecule has 3 rings (SSSR count). The fraction of sp³-hybridized carbons (Fsp3) is 0.667. The maximum Gasteiger partial charge on any atom is 0.323 e. The number of carbonyl (C=O) groups excluding carboxylic acids is 1. The predicted octanol–water partition coefficient (Wildman–Crippen LogP) is 0.970. The minimum Gasteiger partial charge on any atom is -0.480 e. The van der Waals surface area contributed by atoms with Gasteiger partial charge in [-0.2, -0.15) is 0 Å². The van der Waals surface area contributed by atoms with Gasteiger partial charge in [0.05, 0.1) is 5.60 Å². The van der Waals surface area contributed by atoms with E-state index in [0.29, 0.717) is 26.1 Å². The van der Waals surface area contributed by atoms with Gasteiger partial charge in [-0.15, -0.1) is 0 Å². The molecule has 0 radical (unpaired) electrons. The highest BCUT2D eigenvalue weighted by atomic mass is 16.4. The summed E-state index contributed by atoms with van der Waals surface area (Å²) in [7, 11) is 0. The molecule has 9 nitrogen and oxygen atoms in total. The van der Waals surface area contributed by atoms with Gasteiger partial charge in [-0.05, 0) is 37.3 Å². The quantitative estimate of drug-likeness (QED) is 0.446. The Balaban J connectivity index is 1.46. The third-order valence-electron chi connectivity index (χ3n) is 5.81. The van der Waals surface area contributed by atoms with Crippen molar-refractivity contribution in [3.8, 4) is 0 Å². The van der Waals surface area contributed by atoms with Crippen molar-refractivity contribution in [2.45, 2.75) is 63.6 Å². The van der Waals surface area contributed by atoms with Crippen LogP contribution in [-0.2, 0) is 17.6 Å². The average molecular weight is 420 g/mol. The number of aliphatic carboxylic acids is 1. The molecule has 3 heterocycles. The second kappa shape index (κ2) is 9.61. The Morgan fingerprint density at radius 3 is 2.70 bits per heavy atom. The van der Waals surface area contributed by atoms with Crippen LogP contribution in [0.2, 0.25) is 0 Å². The molecule has 9 heteroatoms. The molecule has 1 atom stereocenters. The number of carbonyl (C=O) groups is 2. The first-order chi connectivity index (χ1) is 14.3. The molecular weight excluding hydrogens is 386 g/mol. The summed E-state index contributed by atoms with van der Waals surface area (Å²) in [4.78, 5) is 30.3. The van der Waals surface area contributed by atoms with Gasteiger partial charge >= 0.3 is 12.0 Å². The number of anilines is 1. The topological polar surface area (TPSA) is 127 Å². The number of likely N-dealkylation sites (tertiary alicyclic amines) is 1. The Labute approximate surface area is 177 Å². The van der Waals surface area contributed by atoms with E-state index in [1.165, 1.54) is 5.56 Å². The van der Waals surface area contributed by atoms with Crippen LogP contribution in [0.4, 0.5) is 10.6 Å². The number of fused-ring (bicyclic) bond motifs is 1. The van der Waals surface area contributed by atoms with Crippen molar-refractivity contribution in [2.24, 2.45) is 0 Å². The molecule has 0 aromatic carbocycles. The van der Waals surface area contributed by atoms with Crippen LogP contribution in [0.5, 0.6) is 0 Å². The number of aromatic nitrogens is 1. The number of urea groups is 1. The highest BCUT2D eigenvalue weighted by molar-refractivity contribution is 5.76.